The first-order chi connectivity index (χ1) is 19.3. The minimum absolute atomic E-state index is 0.00613. The van der Waals surface area contributed by atoms with Gasteiger partial charge in [-0.05, 0) is 18.9 Å². The van der Waals surface area contributed by atoms with Gasteiger partial charge >= 0.3 is 6.18 Å². The van der Waals surface area contributed by atoms with E-state index in [2.05, 4.69) is 26.9 Å². The summed E-state index contributed by atoms with van der Waals surface area (Å²) in [5, 5.41) is 21.7. The molecule has 1 radical (unpaired) electrons. The number of rotatable bonds is 7. The van der Waals surface area contributed by atoms with Gasteiger partial charge in [-0.2, -0.15) is 18.2 Å². The molecule has 9 nitrogen and oxygen atoms in total. The molecule has 6 rings (SSSR count). The molecule has 207 valence electrons. The summed E-state index contributed by atoms with van der Waals surface area (Å²) in [4.78, 5) is 15.7. The molecule has 0 unspecified atom stereocenters. The van der Waals surface area contributed by atoms with Gasteiger partial charge in [-0.25, -0.2) is 0 Å². The highest BCUT2D eigenvalue weighted by atomic mass is 19.4. The van der Waals surface area contributed by atoms with Gasteiger partial charge < -0.3 is 24.2 Å². The summed E-state index contributed by atoms with van der Waals surface area (Å²) in [5.41, 5.74) is -0.871. The highest BCUT2D eigenvalue weighted by Crippen LogP contribution is 2.43. The average Bonchev–Trinajstić information content (AvgIpc) is 3.73. The van der Waals surface area contributed by atoms with Gasteiger partial charge in [-0.1, -0.05) is 65.6 Å². The number of aromatic nitrogens is 3. The van der Waals surface area contributed by atoms with Crippen LogP contribution >= 0.6 is 0 Å². The van der Waals surface area contributed by atoms with Crippen molar-refractivity contribution >= 4 is 6.29 Å². The zero-order chi connectivity index (χ0) is 27.9. The molecule has 0 spiro atoms. The van der Waals surface area contributed by atoms with E-state index in [9.17, 15) is 23.1 Å². The fourth-order valence-electron chi connectivity index (χ4n) is 5.32. The molecule has 0 saturated heterocycles. The number of aliphatic hydroxyl groups excluding tert-OH is 1. The number of halogens is 3. The molecular weight excluding hydrogens is 529 g/mol. The summed E-state index contributed by atoms with van der Waals surface area (Å²) >= 11 is 0. The van der Waals surface area contributed by atoms with Crippen molar-refractivity contribution in [3.63, 3.8) is 0 Å². The van der Waals surface area contributed by atoms with Crippen LogP contribution in [-0.2, 0) is 11.0 Å². The van der Waals surface area contributed by atoms with Crippen LogP contribution in [0.15, 0.2) is 57.6 Å². The zero-order valence-electron chi connectivity index (χ0n) is 21.1. The third-order valence-electron chi connectivity index (χ3n) is 7.51. The minimum Gasteiger partial charge on any atom is -0.491 e. The van der Waals surface area contributed by atoms with Crippen LogP contribution in [0.3, 0.4) is 0 Å². The SMILES string of the molecule is O=[C]C1(CN[C@H]2COc3cc(-c4noc(-c5onc(-c6ccccc6)c5C(F)(F)F)n4)ccc3[C@H]2O)CCCC1. The van der Waals surface area contributed by atoms with E-state index in [0.717, 1.165) is 25.7 Å². The first-order valence-electron chi connectivity index (χ1n) is 12.8. The summed E-state index contributed by atoms with van der Waals surface area (Å²) in [5.74, 6) is -0.774. The van der Waals surface area contributed by atoms with E-state index in [1.807, 2.05) is 0 Å². The smallest absolute Gasteiger partial charge is 0.422 e. The van der Waals surface area contributed by atoms with Gasteiger partial charge in [0.05, 0.1) is 6.04 Å². The number of hydrogen-bond donors (Lipinski definition) is 2. The van der Waals surface area contributed by atoms with Crippen molar-refractivity contribution in [1.82, 2.24) is 20.6 Å². The maximum absolute atomic E-state index is 14.0. The van der Waals surface area contributed by atoms with Crippen molar-refractivity contribution < 1.29 is 36.9 Å². The van der Waals surface area contributed by atoms with Gasteiger partial charge in [0.15, 0.2) is 0 Å². The molecule has 1 fully saturated rings. The molecule has 2 atom stereocenters. The largest absolute Gasteiger partial charge is 0.491 e. The quantitative estimate of drug-likeness (QED) is 0.321. The van der Waals surface area contributed by atoms with Crippen molar-refractivity contribution in [3.05, 3.63) is 59.7 Å². The number of benzene rings is 2. The number of nitrogens with zero attached hydrogens (tertiary/aromatic N) is 3. The lowest BCUT2D eigenvalue weighted by atomic mass is 9.87. The molecule has 12 heteroatoms. The molecular formula is C28H24F3N4O5. The van der Waals surface area contributed by atoms with Gasteiger partial charge in [0, 0.05) is 28.7 Å². The van der Waals surface area contributed by atoms with Crippen molar-refractivity contribution in [2.24, 2.45) is 5.41 Å². The second-order valence-corrected chi connectivity index (χ2v) is 10.1. The van der Waals surface area contributed by atoms with Gasteiger partial charge in [-0.3, -0.25) is 4.79 Å². The molecule has 3 heterocycles. The lowest BCUT2D eigenvalue weighted by Crippen LogP contribution is -2.47. The number of carbonyl (C=O) groups excluding carboxylic acids is 1. The molecule has 2 N–H and O–H groups in total. The van der Waals surface area contributed by atoms with Gasteiger partial charge in [0.1, 0.15) is 29.7 Å². The predicted molar refractivity (Wildman–Crippen MR) is 135 cm³/mol. The molecule has 1 aliphatic heterocycles. The summed E-state index contributed by atoms with van der Waals surface area (Å²) in [6.45, 7) is 0.563. The Hall–Kier alpha value is -4.03. The maximum atomic E-state index is 14.0. The lowest BCUT2D eigenvalue weighted by molar-refractivity contribution is -0.137. The first kappa shape index (κ1) is 26.2. The molecule has 2 aromatic heterocycles. The fourth-order valence-corrected chi connectivity index (χ4v) is 5.32. The third-order valence-corrected chi connectivity index (χ3v) is 7.51. The van der Waals surface area contributed by atoms with E-state index in [1.165, 1.54) is 12.1 Å². The van der Waals surface area contributed by atoms with Crippen LogP contribution in [0.5, 0.6) is 5.75 Å². The van der Waals surface area contributed by atoms with Crippen molar-refractivity contribution in [2.75, 3.05) is 13.2 Å². The zero-order valence-corrected chi connectivity index (χ0v) is 21.1. The Balaban J connectivity index is 1.23. The average molecular weight is 554 g/mol. The summed E-state index contributed by atoms with van der Waals surface area (Å²) < 4.78 is 58.2. The number of alkyl halides is 3. The van der Waals surface area contributed by atoms with E-state index >= 15 is 0 Å². The van der Waals surface area contributed by atoms with Gasteiger partial charge in [0.25, 0.3) is 5.89 Å². The van der Waals surface area contributed by atoms with E-state index in [-0.39, 0.29) is 23.7 Å². The Labute approximate surface area is 226 Å². The van der Waals surface area contributed by atoms with Crippen molar-refractivity contribution in [2.45, 2.75) is 44.0 Å². The first-order valence-corrected chi connectivity index (χ1v) is 12.8. The van der Waals surface area contributed by atoms with Crippen LogP contribution in [-0.4, -0.2) is 45.9 Å². The number of fused-ring (bicyclic) bond motifs is 1. The molecule has 1 saturated carbocycles. The molecule has 2 aliphatic rings. The normalized spacial score (nSPS) is 20.2. The Morgan fingerprint density at radius 3 is 2.55 bits per heavy atom. The number of ether oxygens (including phenoxy) is 1. The van der Waals surface area contributed by atoms with Crippen LogP contribution in [0.25, 0.3) is 34.3 Å². The number of aliphatic hydroxyl groups is 1. The van der Waals surface area contributed by atoms with Crippen molar-refractivity contribution in [1.29, 1.82) is 0 Å². The fraction of sp³-hybridized carbons (Fsp3) is 0.357. The molecule has 40 heavy (non-hydrogen) atoms. The monoisotopic (exact) mass is 553 g/mol. The molecule has 1 aliphatic carbocycles. The third kappa shape index (κ3) is 4.77. The predicted octanol–water partition coefficient (Wildman–Crippen LogP) is 5.13. The summed E-state index contributed by atoms with van der Waals surface area (Å²) in [6, 6.07) is 12.3. The Bertz CT molecular complexity index is 1510. The van der Waals surface area contributed by atoms with Crippen LogP contribution in [0.1, 0.15) is 42.9 Å². The van der Waals surface area contributed by atoms with E-state index < -0.39 is 41.0 Å². The topological polar surface area (TPSA) is 124 Å². The van der Waals surface area contributed by atoms with Gasteiger partial charge in [0.2, 0.25) is 17.9 Å². The van der Waals surface area contributed by atoms with Crippen LogP contribution < -0.4 is 10.1 Å². The Kier molecular flexibility index (Phi) is 6.67. The van der Waals surface area contributed by atoms with Crippen molar-refractivity contribution in [3.8, 4) is 40.0 Å². The van der Waals surface area contributed by atoms with E-state index in [4.69, 9.17) is 13.8 Å². The molecule has 0 bridgehead atoms. The highest BCUT2D eigenvalue weighted by molar-refractivity contribution is 5.71. The number of hydrogen-bond acceptors (Lipinski definition) is 9. The van der Waals surface area contributed by atoms with Gasteiger partial charge in [-0.15, -0.1) is 0 Å². The van der Waals surface area contributed by atoms with E-state index in [1.54, 1.807) is 36.4 Å². The molecule has 2 aromatic carbocycles. The molecule has 4 aromatic rings. The second-order valence-electron chi connectivity index (χ2n) is 10.1. The van der Waals surface area contributed by atoms with E-state index in [0.29, 0.717) is 23.4 Å². The van der Waals surface area contributed by atoms with Crippen LogP contribution in [0, 0.1) is 5.41 Å². The lowest BCUT2D eigenvalue weighted by Gasteiger charge is -2.33. The summed E-state index contributed by atoms with van der Waals surface area (Å²) in [7, 11) is 0. The van der Waals surface area contributed by atoms with Crippen LogP contribution in [0.4, 0.5) is 13.2 Å². The summed E-state index contributed by atoms with van der Waals surface area (Å²) in [6.07, 6.45) is -0.0172. The standard InChI is InChI=1S/C28H24F3N4O5/c29-28(30,31)21-22(16-6-2-1-3-7-16)34-39-24(21)26-33-25(35-40-26)17-8-9-18-20(12-17)38-13-19(23(18)37)32-14-27(15-36)10-4-5-11-27/h1-3,6-9,12,19,23,32,37H,4-5,10-11,13-14H2/t19-,23+/m0/s1. The second kappa shape index (κ2) is 10.2. The Morgan fingerprint density at radius 1 is 1.05 bits per heavy atom. The van der Waals surface area contributed by atoms with Crippen LogP contribution in [0.2, 0.25) is 0 Å². The molecule has 0 amide bonds. The highest BCUT2D eigenvalue weighted by Gasteiger charge is 2.43. The maximum Gasteiger partial charge on any atom is 0.422 e. The minimum atomic E-state index is -4.79. The Morgan fingerprint density at radius 2 is 1.82 bits per heavy atom. The number of nitrogens with one attached hydrogen (secondary N) is 1.